The van der Waals surface area contributed by atoms with Crippen LogP contribution in [0.5, 0.6) is 0 Å². The number of aromatic nitrogens is 1. The van der Waals surface area contributed by atoms with Crippen molar-refractivity contribution in [2.75, 3.05) is 0 Å². The van der Waals surface area contributed by atoms with E-state index in [2.05, 4.69) is 10.3 Å². The summed E-state index contributed by atoms with van der Waals surface area (Å²) >= 11 is 5.86. The zero-order chi connectivity index (χ0) is 13.2. The van der Waals surface area contributed by atoms with E-state index in [1.807, 2.05) is 30.3 Å². The van der Waals surface area contributed by atoms with Gasteiger partial charge >= 0.3 is 0 Å². The van der Waals surface area contributed by atoms with Crippen LogP contribution in [-0.4, -0.2) is 5.16 Å². The first-order valence-electron chi connectivity index (χ1n) is 5.71. The van der Waals surface area contributed by atoms with Crippen LogP contribution < -0.4 is 0 Å². The van der Waals surface area contributed by atoms with E-state index in [0.29, 0.717) is 10.8 Å². The van der Waals surface area contributed by atoms with Crippen LogP contribution in [0.1, 0.15) is 5.56 Å². The quantitative estimate of drug-likeness (QED) is 0.663. The molecule has 0 aliphatic rings. The van der Waals surface area contributed by atoms with E-state index in [1.54, 1.807) is 12.1 Å². The van der Waals surface area contributed by atoms with Crippen molar-refractivity contribution in [2.24, 2.45) is 5.18 Å². The number of halogens is 1. The van der Waals surface area contributed by atoms with Crippen molar-refractivity contribution >= 4 is 22.5 Å². The van der Waals surface area contributed by atoms with Crippen LogP contribution in [0.3, 0.4) is 0 Å². The van der Waals surface area contributed by atoms with E-state index < -0.39 is 0 Å². The van der Waals surface area contributed by atoms with Gasteiger partial charge < -0.3 is 4.52 Å². The third-order valence-electron chi connectivity index (χ3n) is 2.89. The van der Waals surface area contributed by atoms with Gasteiger partial charge in [-0.25, -0.2) is 0 Å². The Morgan fingerprint density at radius 3 is 2.68 bits per heavy atom. The second kappa shape index (κ2) is 4.82. The van der Waals surface area contributed by atoms with E-state index in [9.17, 15) is 4.91 Å². The molecule has 0 N–H and O–H groups in total. The Kier molecular flexibility index (Phi) is 3.01. The molecule has 0 aliphatic carbocycles. The van der Waals surface area contributed by atoms with Gasteiger partial charge in [0.2, 0.25) is 0 Å². The first kappa shape index (κ1) is 11.9. The first-order chi connectivity index (χ1) is 9.28. The van der Waals surface area contributed by atoms with Gasteiger partial charge in [-0.2, -0.15) is 4.91 Å². The SMILES string of the molecule is O=NCc1ccc2noc(-c3ccc(Cl)cc3)c2c1. The molecule has 0 saturated carbocycles. The van der Waals surface area contributed by atoms with Crippen LogP contribution in [0.25, 0.3) is 22.2 Å². The normalized spacial score (nSPS) is 10.8. The van der Waals surface area contributed by atoms with Gasteiger partial charge in [-0.1, -0.05) is 28.0 Å². The lowest BCUT2D eigenvalue weighted by atomic mass is 10.1. The molecule has 0 unspecified atom stereocenters. The number of nitrogens with zero attached hydrogens (tertiary/aromatic N) is 2. The van der Waals surface area contributed by atoms with E-state index in [4.69, 9.17) is 16.1 Å². The maximum absolute atomic E-state index is 10.3. The molecule has 0 spiro atoms. The Hall–Kier alpha value is -2.20. The maximum atomic E-state index is 10.3. The second-order valence-corrected chi connectivity index (χ2v) is 4.59. The highest BCUT2D eigenvalue weighted by Gasteiger charge is 2.11. The van der Waals surface area contributed by atoms with Gasteiger partial charge in [-0.15, -0.1) is 0 Å². The molecule has 5 heteroatoms. The molecular weight excluding hydrogens is 264 g/mol. The molecule has 1 aromatic heterocycles. The standard InChI is InChI=1S/C14H9ClN2O2/c15-11-4-2-10(3-5-11)14-12-7-9(8-16-18)1-6-13(12)17-19-14/h1-7H,8H2. The van der Waals surface area contributed by atoms with Crippen molar-refractivity contribution in [3.05, 3.63) is 58.0 Å². The third-order valence-corrected chi connectivity index (χ3v) is 3.15. The van der Waals surface area contributed by atoms with Crippen LogP contribution in [0.4, 0.5) is 0 Å². The molecule has 4 nitrogen and oxygen atoms in total. The third kappa shape index (κ3) is 2.22. The fourth-order valence-corrected chi connectivity index (χ4v) is 2.10. The van der Waals surface area contributed by atoms with E-state index in [-0.39, 0.29) is 6.54 Å². The summed E-state index contributed by atoms with van der Waals surface area (Å²) in [5, 5.41) is 8.42. The molecule has 0 amide bonds. The zero-order valence-corrected chi connectivity index (χ0v) is 10.6. The number of benzene rings is 2. The molecule has 0 saturated heterocycles. The van der Waals surface area contributed by atoms with Gasteiger partial charge in [0.15, 0.2) is 5.76 Å². The van der Waals surface area contributed by atoms with Gasteiger partial charge in [0.05, 0.1) is 5.39 Å². The molecule has 0 bridgehead atoms. The van der Waals surface area contributed by atoms with Crippen molar-refractivity contribution in [1.82, 2.24) is 5.16 Å². The number of hydrogen-bond donors (Lipinski definition) is 0. The fourth-order valence-electron chi connectivity index (χ4n) is 1.97. The molecule has 0 aliphatic heterocycles. The molecule has 0 atom stereocenters. The Morgan fingerprint density at radius 1 is 1.16 bits per heavy atom. The van der Waals surface area contributed by atoms with Crippen LogP contribution in [-0.2, 0) is 6.54 Å². The van der Waals surface area contributed by atoms with Gasteiger partial charge in [-0.05, 0) is 42.0 Å². The second-order valence-electron chi connectivity index (χ2n) is 4.16. The average molecular weight is 273 g/mol. The molecule has 3 aromatic rings. The molecule has 0 radical (unpaired) electrons. The number of rotatable bonds is 3. The van der Waals surface area contributed by atoms with Crippen LogP contribution in [0, 0.1) is 4.91 Å². The Bertz CT molecular complexity index is 735. The molecule has 1 heterocycles. The van der Waals surface area contributed by atoms with Crippen LogP contribution in [0.2, 0.25) is 5.02 Å². The molecule has 3 rings (SSSR count). The van der Waals surface area contributed by atoms with E-state index >= 15 is 0 Å². The summed E-state index contributed by atoms with van der Waals surface area (Å²) in [5.74, 6) is 0.666. The summed E-state index contributed by atoms with van der Waals surface area (Å²) < 4.78 is 5.37. The van der Waals surface area contributed by atoms with Crippen molar-refractivity contribution in [2.45, 2.75) is 6.54 Å². The lowest BCUT2D eigenvalue weighted by Crippen LogP contribution is -1.81. The highest BCUT2D eigenvalue weighted by Crippen LogP contribution is 2.30. The minimum Gasteiger partial charge on any atom is -0.355 e. The van der Waals surface area contributed by atoms with Gasteiger partial charge in [0.25, 0.3) is 0 Å². The molecule has 19 heavy (non-hydrogen) atoms. The van der Waals surface area contributed by atoms with Gasteiger partial charge in [0.1, 0.15) is 12.1 Å². The summed E-state index contributed by atoms with van der Waals surface area (Å²) in [5.41, 5.74) is 2.48. The van der Waals surface area contributed by atoms with Crippen LogP contribution in [0.15, 0.2) is 52.2 Å². The Morgan fingerprint density at radius 2 is 1.95 bits per heavy atom. The minimum atomic E-state index is 0.140. The lowest BCUT2D eigenvalue weighted by Gasteiger charge is -1.98. The lowest BCUT2D eigenvalue weighted by molar-refractivity contribution is 0.441. The Balaban J connectivity index is 2.15. The topological polar surface area (TPSA) is 55.5 Å². The van der Waals surface area contributed by atoms with Crippen molar-refractivity contribution in [3.8, 4) is 11.3 Å². The number of hydrogen-bond acceptors (Lipinski definition) is 4. The van der Waals surface area contributed by atoms with E-state index in [1.165, 1.54) is 0 Å². The molecule has 0 fully saturated rings. The van der Waals surface area contributed by atoms with E-state index in [0.717, 1.165) is 22.0 Å². The van der Waals surface area contributed by atoms with Crippen molar-refractivity contribution in [1.29, 1.82) is 0 Å². The maximum Gasteiger partial charge on any atom is 0.174 e. The summed E-state index contributed by atoms with van der Waals surface area (Å²) in [7, 11) is 0. The van der Waals surface area contributed by atoms with Crippen molar-refractivity contribution in [3.63, 3.8) is 0 Å². The predicted molar refractivity (Wildman–Crippen MR) is 74.0 cm³/mol. The van der Waals surface area contributed by atoms with Crippen LogP contribution >= 0.6 is 11.6 Å². The number of nitroso groups, excluding NO2 is 1. The highest BCUT2D eigenvalue weighted by molar-refractivity contribution is 6.30. The average Bonchev–Trinajstić information content (AvgIpc) is 2.83. The largest absolute Gasteiger partial charge is 0.355 e. The summed E-state index contributed by atoms with van der Waals surface area (Å²) in [6.45, 7) is 0.140. The molecule has 94 valence electrons. The molecular formula is C14H9ClN2O2. The highest BCUT2D eigenvalue weighted by atomic mass is 35.5. The van der Waals surface area contributed by atoms with Gasteiger partial charge in [-0.3, -0.25) is 0 Å². The predicted octanol–water partition coefficient (Wildman–Crippen LogP) is 4.41. The van der Waals surface area contributed by atoms with Crippen molar-refractivity contribution < 1.29 is 4.52 Å². The molecule has 2 aromatic carbocycles. The smallest absolute Gasteiger partial charge is 0.174 e. The summed E-state index contributed by atoms with van der Waals surface area (Å²) in [6, 6.07) is 12.8. The van der Waals surface area contributed by atoms with Gasteiger partial charge in [0, 0.05) is 10.6 Å². The minimum absolute atomic E-state index is 0.140. The summed E-state index contributed by atoms with van der Waals surface area (Å²) in [6.07, 6.45) is 0. The zero-order valence-electron chi connectivity index (χ0n) is 9.84. The Labute approximate surface area is 113 Å². The fraction of sp³-hybridized carbons (Fsp3) is 0.0714. The number of fused-ring (bicyclic) bond motifs is 1. The first-order valence-corrected chi connectivity index (χ1v) is 6.09. The monoisotopic (exact) mass is 272 g/mol. The summed E-state index contributed by atoms with van der Waals surface area (Å²) in [4.78, 5) is 10.3.